The first-order valence-corrected chi connectivity index (χ1v) is 22.1. The van der Waals surface area contributed by atoms with Crippen molar-refractivity contribution in [2.45, 2.75) is 98.7 Å². The van der Waals surface area contributed by atoms with Gasteiger partial charge in [-0.3, -0.25) is 0 Å². The summed E-state index contributed by atoms with van der Waals surface area (Å²) in [6.45, 7) is 9.87. The topological polar surface area (TPSA) is 3.24 Å². The van der Waals surface area contributed by atoms with E-state index in [0.717, 1.165) is 11.8 Å². The van der Waals surface area contributed by atoms with Crippen molar-refractivity contribution in [1.29, 1.82) is 0 Å². The van der Waals surface area contributed by atoms with Crippen LogP contribution in [0.25, 0.3) is 22.3 Å². The van der Waals surface area contributed by atoms with Gasteiger partial charge in [-0.2, -0.15) is 0 Å². The zero-order valence-electron chi connectivity index (χ0n) is 33.4. The van der Waals surface area contributed by atoms with E-state index in [1.54, 1.807) is 11.1 Å². The molecule has 1 aliphatic heterocycles. The van der Waals surface area contributed by atoms with Crippen LogP contribution < -0.4 is 4.90 Å². The van der Waals surface area contributed by atoms with E-state index in [-0.39, 0.29) is 16.2 Å². The second kappa shape index (κ2) is 12.7. The number of anilines is 3. The highest BCUT2D eigenvalue weighted by molar-refractivity contribution is 7.99. The molecule has 4 saturated carbocycles. The standard InChI is InChI=1S/C54H53NS/c1-52(2)27-28-53(3,4)50-45(52)18-12-20-48(50)55(42-23-21-38(22-24-42)37-13-7-5-8-14-37)43-25-26-49-47(34-43)54(40-30-35-29-36(32-40)33-41(54)31-35)46-19-11-17-44(51(46)56-49)39-15-9-6-10-16-39/h5-26,34-36,40-41H,27-33H2,1-4H3. The normalized spacial score (nSPS) is 26.0. The molecule has 1 heterocycles. The molecule has 0 saturated heterocycles. The lowest BCUT2D eigenvalue weighted by atomic mass is 9.42. The minimum Gasteiger partial charge on any atom is -0.310 e. The molecule has 1 nitrogen and oxygen atoms in total. The number of fused-ring (bicyclic) bond motifs is 3. The molecule has 0 N–H and O–H groups in total. The number of benzene rings is 6. The lowest BCUT2D eigenvalue weighted by Crippen LogP contribution is -2.57. The van der Waals surface area contributed by atoms with Crippen LogP contribution in [0.15, 0.2) is 149 Å². The van der Waals surface area contributed by atoms with Crippen LogP contribution in [0.2, 0.25) is 0 Å². The van der Waals surface area contributed by atoms with E-state index in [1.165, 1.54) is 105 Å². The van der Waals surface area contributed by atoms with Gasteiger partial charge in [0, 0.05) is 26.6 Å². The number of hydrogen-bond donors (Lipinski definition) is 0. The van der Waals surface area contributed by atoms with Crippen molar-refractivity contribution in [1.82, 2.24) is 0 Å². The van der Waals surface area contributed by atoms with Crippen LogP contribution in [0.1, 0.15) is 94.9 Å². The van der Waals surface area contributed by atoms with Gasteiger partial charge in [0.1, 0.15) is 0 Å². The third-order valence-corrected chi connectivity index (χ3v) is 16.4. The third-order valence-electron chi connectivity index (χ3n) is 15.1. The molecule has 5 aliphatic carbocycles. The van der Waals surface area contributed by atoms with Crippen LogP contribution >= 0.6 is 11.8 Å². The Balaban J connectivity index is 1.14. The van der Waals surface area contributed by atoms with E-state index in [2.05, 4.69) is 172 Å². The van der Waals surface area contributed by atoms with E-state index < -0.39 is 0 Å². The van der Waals surface area contributed by atoms with Crippen LogP contribution in [-0.2, 0) is 16.2 Å². The van der Waals surface area contributed by atoms with Gasteiger partial charge in [-0.1, -0.05) is 143 Å². The number of rotatable bonds is 5. The lowest BCUT2D eigenvalue weighted by Gasteiger charge is -2.63. The molecule has 0 amide bonds. The summed E-state index contributed by atoms with van der Waals surface area (Å²) in [5.41, 5.74) is 15.5. The molecule has 280 valence electrons. The monoisotopic (exact) mass is 747 g/mol. The quantitative estimate of drug-likeness (QED) is 0.173. The van der Waals surface area contributed by atoms with Gasteiger partial charge in [-0.05, 0) is 160 Å². The molecular weight excluding hydrogens is 695 g/mol. The fourth-order valence-corrected chi connectivity index (χ4v) is 14.0. The predicted molar refractivity (Wildman–Crippen MR) is 236 cm³/mol. The summed E-state index contributed by atoms with van der Waals surface area (Å²) in [7, 11) is 0. The van der Waals surface area contributed by atoms with Crippen molar-refractivity contribution in [2.75, 3.05) is 4.90 Å². The fourth-order valence-electron chi connectivity index (χ4n) is 12.7. The van der Waals surface area contributed by atoms with E-state index in [1.807, 2.05) is 11.8 Å². The Bertz CT molecular complexity index is 2430. The molecule has 1 spiro atoms. The van der Waals surface area contributed by atoms with E-state index >= 15 is 0 Å². The molecule has 6 aromatic carbocycles. The molecule has 4 fully saturated rings. The maximum atomic E-state index is 2.69. The van der Waals surface area contributed by atoms with Crippen molar-refractivity contribution in [3.8, 4) is 22.3 Å². The second-order valence-corrected chi connectivity index (χ2v) is 20.3. The van der Waals surface area contributed by atoms with Crippen LogP contribution in [0.4, 0.5) is 17.1 Å². The second-order valence-electron chi connectivity index (χ2n) is 19.2. The van der Waals surface area contributed by atoms with Gasteiger partial charge in [0.25, 0.3) is 0 Å². The summed E-state index contributed by atoms with van der Waals surface area (Å²) < 4.78 is 0. The molecule has 6 aromatic rings. The summed E-state index contributed by atoms with van der Waals surface area (Å²) in [5, 5.41) is 0. The average Bonchev–Trinajstić information content (AvgIpc) is 3.22. The van der Waals surface area contributed by atoms with E-state index in [9.17, 15) is 0 Å². The summed E-state index contributed by atoms with van der Waals surface area (Å²) in [4.78, 5) is 5.61. The Hall–Kier alpha value is -4.53. The maximum absolute atomic E-state index is 2.69. The molecule has 0 radical (unpaired) electrons. The van der Waals surface area contributed by atoms with Crippen LogP contribution in [-0.4, -0.2) is 0 Å². The van der Waals surface area contributed by atoms with Crippen LogP contribution in [0.5, 0.6) is 0 Å². The summed E-state index contributed by atoms with van der Waals surface area (Å²) >= 11 is 2.04. The number of hydrogen-bond acceptors (Lipinski definition) is 2. The van der Waals surface area contributed by atoms with Gasteiger partial charge in [-0.25, -0.2) is 0 Å². The average molecular weight is 748 g/mol. The first kappa shape index (κ1) is 34.7. The van der Waals surface area contributed by atoms with Crippen LogP contribution in [0.3, 0.4) is 0 Å². The Morgan fingerprint density at radius 2 is 1.09 bits per heavy atom. The van der Waals surface area contributed by atoms with Gasteiger partial charge in [0.2, 0.25) is 0 Å². The minimum absolute atomic E-state index is 0.0321. The molecular formula is C54H53NS. The van der Waals surface area contributed by atoms with Crippen LogP contribution in [0, 0.1) is 23.7 Å². The molecule has 0 aromatic heterocycles. The Morgan fingerprint density at radius 1 is 0.500 bits per heavy atom. The first-order chi connectivity index (χ1) is 27.2. The van der Waals surface area contributed by atoms with Crippen molar-refractivity contribution in [3.63, 3.8) is 0 Å². The number of nitrogens with zero attached hydrogens (tertiary/aromatic N) is 1. The van der Waals surface area contributed by atoms with Crippen molar-refractivity contribution >= 4 is 28.8 Å². The van der Waals surface area contributed by atoms with Gasteiger partial charge in [-0.15, -0.1) is 0 Å². The molecule has 0 unspecified atom stereocenters. The summed E-state index contributed by atoms with van der Waals surface area (Å²) in [6, 6.07) is 53.5. The molecule has 0 atom stereocenters. The van der Waals surface area contributed by atoms with Gasteiger partial charge < -0.3 is 4.90 Å². The largest absolute Gasteiger partial charge is 0.310 e. The highest BCUT2D eigenvalue weighted by Crippen LogP contribution is 2.70. The lowest BCUT2D eigenvalue weighted by molar-refractivity contribution is -0.0443. The van der Waals surface area contributed by atoms with Crippen molar-refractivity contribution in [2.24, 2.45) is 23.7 Å². The van der Waals surface area contributed by atoms with Crippen molar-refractivity contribution < 1.29 is 0 Å². The van der Waals surface area contributed by atoms with E-state index in [0.29, 0.717) is 11.8 Å². The molecule has 2 heteroatoms. The van der Waals surface area contributed by atoms with E-state index in [4.69, 9.17) is 0 Å². The first-order valence-electron chi connectivity index (χ1n) is 21.3. The van der Waals surface area contributed by atoms with Crippen molar-refractivity contribution in [3.05, 3.63) is 162 Å². The fraction of sp³-hybridized carbons (Fsp3) is 0.333. The molecule has 56 heavy (non-hydrogen) atoms. The molecule has 6 aliphatic rings. The molecule has 4 bridgehead atoms. The van der Waals surface area contributed by atoms with Gasteiger partial charge in [0.15, 0.2) is 0 Å². The Labute approximate surface area is 338 Å². The summed E-state index contributed by atoms with van der Waals surface area (Å²) in [5.74, 6) is 3.15. The predicted octanol–water partition coefficient (Wildman–Crippen LogP) is 15.0. The zero-order chi connectivity index (χ0) is 37.8. The molecule has 12 rings (SSSR count). The third kappa shape index (κ3) is 5.20. The van der Waals surface area contributed by atoms with Gasteiger partial charge in [0.05, 0.1) is 5.69 Å². The maximum Gasteiger partial charge on any atom is 0.0502 e. The van der Waals surface area contributed by atoms with Gasteiger partial charge >= 0.3 is 0 Å². The highest BCUT2D eigenvalue weighted by atomic mass is 32.2. The zero-order valence-corrected chi connectivity index (χ0v) is 34.2. The SMILES string of the molecule is CC1(C)CCC(C)(C)c2c(N(c3ccc(-c4ccccc4)cc3)c3ccc4c(c3)C3(c5cccc(-c6ccccc6)c5S4)C4CC5CC(C4)CC3C5)cccc21. The Kier molecular flexibility index (Phi) is 7.89. The smallest absolute Gasteiger partial charge is 0.0502 e. The Morgan fingerprint density at radius 3 is 1.79 bits per heavy atom. The highest BCUT2D eigenvalue weighted by Gasteiger charge is 2.61. The minimum atomic E-state index is 0.0321. The summed E-state index contributed by atoms with van der Waals surface area (Å²) in [6.07, 6.45) is 9.33.